The van der Waals surface area contributed by atoms with Crippen LogP contribution < -0.4 is 10.2 Å². The minimum absolute atomic E-state index is 0.263. The summed E-state index contributed by atoms with van der Waals surface area (Å²) in [7, 11) is 0. The predicted octanol–water partition coefficient (Wildman–Crippen LogP) is 1.94. The maximum Gasteiger partial charge on any atom is 0.223 e. The lowest BCUT2D eigenvalue weighted by atomic mass is 10.3. The van der Waals surface area contributed by atoms with Gasteiger partial charge in [0, 0.05) is 18.0 Å². The van der Waals surface area contributed by atoms with Crippen LogP contribution >= 0.6 is 0 Å². The zero-order valence-corrected chi connectivity index (χ0v) is 9.46. The van der Waals surface area contributed by atoms with E-state index >= 15 is 0 Å². The van der Waals surface area contributed by atoms with Crippen LogP contribution in [0.15, 0.2) is 47.5 Å². The van der Waals surface area contributed by atoms with Crippen molar-refractivity contribution in [1.82, 2.24) is 4.57 Å². The van der Waals surface area contributed by atoms with E-state index in [1.165, 1.54) is 12.3 Å². The molecular formula is C13H13NO3. The molecule has 0 spiro atoms. The van der Waals surface area contributed by atoms with Crippen LogP contribution in [0, 0.1) is 0 Å². The zero-order chi connectivity index (χ0) is 12.3. The Labute approximate surface area is 98.7 Å². The topological polar surface area (TPSA) is 51.5 Å². The molecule has 0 unspecified atom stereocenters. The van der Waals surface area contributed by atoms with Crippen LogP contribution in [0.2, 0.25) is 0 Å². The van der Waals surface area contributed by atoms with Gasteiger partial charge in [-0.25, -0.2) is 0 Å². The highest BCUT2D eigenvalue weighted by atomic mass is 16.5. The first-order valence-electron chi connectivity index (χ1n) is 5.35. The van der Waals surface area contributed by atoms with Gasteiger partial charge in [0.05, 0.1) is 12.8 Å². The molecule has 0 saturated carbocycles. The quantitative estimate of drug-likeness (QED) is 0.878. The van der Waals surface area contributed by atoms with E-state index in [9.17, 15) is 9.90 Å². The third kappa shape index (κ3) is 2.47. The van der Waals surface area contributed by atoms with Crippen molar-refractivity contribution in [2.24, 2.45) is 0 Å². The largest absolute Gasteiger partial charge is 0.503 e. The summed E-state index contributed by atoms with van der Waals surface area (Å²) in [6.07, 6.45) is 3.00. The molecule has 1 heterocycles. The first-order valence-corrected chi connectivity index (χ1v) is 5.35. The van der Waals surface area contributed by atoms with Gasteiger partial charge in [0.2, 0.25) is 5.43 Å². The van der Waals surface area contributed by atoms with Gasteiger partial charge in [-0.15, -0.1) is 0 Å². The average Bonchev–Trinajstić information content (AvgIpc) is 2.34. The Morgan fingerprint density at radius 1 is 1.24 bits per heavy atom. The van der Waals surface area contributed by atoms with Gasteiger partial charge in [-0.3, -0.25) is 4.79 Å². The zero-order valence-electron chi connectivity index (χ0n) is 9.46. The number of benzene rings is 1. The third-order valence-corrected chi connectivity index (χ3v) is 2.35. The predicted molar refractivity (Wildman–Crippen MR) is 64.9 cm³/mol. The molecule has 0 aliphatic rings. The Bertz CT molecular complexity index is 558. The highest BCUT2D eigenvalue weighted by Gasteiger charge is 2.00. The van der Waals surface area contributed by atoms with Crippen LogP contribution in [-0.2, 0) is 0 Å². The lowest BCUT2D eigenvalue weighted by molar-refractivity contribution is 0.340. The molecule has 17 heavy (non-hydrogen) atoms. The fourth-order valence-corrected chi connectivity index (χ4v) is 1.51. The van der Waals surface area contributed by atoms with Crippen LogP contribution in [0.4, 0.5) is 0 Å². The van der Waals surface area contributed by atoms with E-state index in [4.69, 9.17) is 4.74 Å². The summed E-state index contributed by atoms with van der Waals surface area (Å²) in [4.78, 5) is 11.1. The molecule has 2 rings (SSSR count). The van der Waals surface area contributed by atoms with E-state index in [1.54, 1.807) is 10.8 Å². The molecule has 1 aromatic heterocycles. The summed E-state index contributed by atoms with van der Waals surface area (Å²) in [6.45, 7) is 2.55. The second-order valence-electron chi connectivity index (χ2n) is 3.53. The van der Waals surface area contributed by atoms with E-state index in [1.807, 2.05) is 31.2 Å². The van der Waals surface area contributed by atoms with Gasteiger partial charge in [0.1, 0.15) is 5.75 Å². The highest BCUT2D eigenvalue weighted by molar-refractivity contribution is 5.38. The molecule has 0 atom stereocenters. The molecule has 0 amide bonds. The maximum absolute atomic E-state index is 11.1. The maximum atomic E-state index is 11.1. The van der Waals surface area contributed by atoms with Crippen molar-refractivity contribution < 1.29 is 9.84 Å². The number of aromatic hydroxyl groups is 1. The van der Waals surface area contributed by atoms with E-state index in [0.717, 1.165) is 11.4 Å². The second kappa shape index (κ2) is 4.74. The molecule has 0 saturated heterocycles. The van der Waals surface area contributed by atoms with Crippen LogP contribution in [0.25, 0.3) is 5.69 Å². The number of aromatic nitrogens is 1. The van der Waals surface area contributed by atoms with E-state index in [2.05, 4.69) is 0 Å². The number of hydrogen-bond donors (Lipinski definition) is 1. The van der Waals surface area contributed by atoms with Crippen molar-refractivity contribution in [2.75, 3.05) is 6.61 Å². The SMILES string of the molecule is CCOc1ccc(-n2ccc(=O)c(O)c2)cc1. The van der Waals surface area contributed by atoms with Gasteiger partial charge in [0.15, 0.2) is 5.75 Å². The Kier molecular flexibility index (Phi) is 3.14. The molecule has 1 aromatic carbocycles. The number of pyridine rings is 1. The van der Waals surface area contributed by atoms with E-state index < -0.39 is 0 Å². The molecule has 4 heteroatoms. The summed E-state index contributed by atoms with van der Waals surface area (Å²) < 4.78 is 7.00. The lowest BCUT2D eigenvalue weighted by Crippen LogP contribution is -2.03. The van der Waals surface area contributed by atoms with Crippen molar-refractivity contribution in [3.05, 3.63) is 52.9 Å². The van der Waals surface area contributed by atoms with E-state index in [0.29, 0.717) is 6.61 Å². The van der Waals surface area contributed by atoms with Crippen molar-refractivity contribution in [2.45, 2.75) is 6.92 Å². The fraction of sp³-hybridized carbons (Fsp3) is 0.154. The Hall–Kier alpha value is -2.23. The summed E-state index contributed by atoms with van der Waals surface area (Å²) in [5.74, 6) is 0.530. The average molecular weight is 231 g/mol. The van der Waals surface area contributed by atoms with Crippen LogP contribution in [0.3, 0.4) is 0 Å². The molecule has 0 bridgehead atoms. The van der Waals surface area contributed by atoms with Crippen molar-refractivity contribution in [3.8, 4) is 17.2 Å². The van der Waals surface area contributed by atoms with Crippen LogP contribution in [0.1, 0.15) is 6.92 Å². The van der Waals surface area contributed by atoms with Gasteiger partial charge in [-0.05, 0) is 31.2 Å². The summed E-state index contributed by atoms with van der Waals surface area (Å²) in [6, 6.07) is 8.72. The summed E-state index contributed by atoms with van der Waals surface area (Å²) in [5, 5.41) is 9.34. The Balaban J connectivity index is 2.33. The Morgan fingerprint density at radius 2 is 1.94 bits per heavy atom. The van der Waals surface area contributed by atoms with Gasteiger partial charge < -0.3 is 14.4 Å². The molecule has 4 nitrogen and oxygen atoms in total. The van der Waals surface area contributed by atoms with Crippen molar-refractivity contribution in [3.63, 3.8) is 0 Å². The molecule has 2 aromatic rings. The van der Waals surface area contributed by atoms with Gasteiger partial charge in [0.25, 0.3) is 0 Å². The molecule has 0 aliphatic heterocycles. The minimum atomic E-state index is -0.382. The summed E-state index contributed by atoms with van der Waals surface area (Å²) in [5.41, 5.74) is 0.468. The smallest absolute Gasteiger partial charge is 0.223 e. The molecule has 88 valence electrons. The van der Waals surface area contributed by atoms with Gasteiger partial charge in [-0.1, -0.05) is 0 Å². The van der Waals surface area contributed by atoms with E-state index in [-0.39, 0.29) is 11.2 Å². The first-order chi connectivity index (χ1) is 8.20. The normalized spacial score (nSPS) is 10.2. The number of nitrogens with zero attached hydrogens (tertiary/aromatic N) is 1. The monoisotopic (exact) mass is 231 g/mol. The number of ether oxygens (including phenoxy) is 1. The fourth-order valence-electron chi connectivity index (χ4n) is 1.51. The standard InChI is InChI=1S/C13H13NO3/c1-2-17-11-5-3-10(4-6-11)14-8-7-12(15)13(16)9-14/h3-9,16H,2H2,1H3. The van der Waals surface area contributed by atoms with Crippen LogP contribution in [-0.4, -0.2) is 16.3 Å². The molecule has 0 aliphatic carbocycles. The van der Waals surface area contributed by atoms with Crippen molar-refractivity contribution >= 4 is 0 Å². The van der Waals surface area contributed by atoms with Crippen LogP contribution in [0.5, 0.6) is 11.5 Å². The first kappa shape index (κ1) is 11.3. The van der Waals surface area contributed by atoms with Gasteiger partial charge >= 0.3 is 0 Å². The molecule has 0 fully saturated rings. The molecule has 1 N–H and O–H groups in total. The minimum Gasteiger partial charge on any atom is -0.503 e. The second-order valence-corrected chi connectivity index (χ2v) is 3.53. The third-order valence-electron chi connectivity index (χ3n) is 2.35. The Morgan fingerprint density at radius 3 is 2.53 bits per heavy atom. The number of hydrogen-bond acceptors (Lipinski definition) is 3. The lowest BCUT2D eigenvalue weighted by Gasteiger charge is -2.08. The molecular weight excluding hydrogens is 218 g/mol. The highest BCUT2D eigenvalue weighted by Crippen LogP contribution is 2.15. The number of rotatable bonds is 3. The summed E-state index contributed by atoms with van der Waals surface area (Å²) >= 11 is 0. The molecule has 0 radical (unpaired) electrons. The van der Waals surface area contributed by atoms with Crippen molar-refractivity contribution in [1.29, 1.82) is 0 Å². The van der Waals surface area contributed by atoms with Gasteiger partial charge in [-0.2, -0.15) is 0 Å².